The second kappa shape index (κ2) is 7.56. The Balaban J connectivity index is 1.92. The number of benzene rings is 2. The number of hydrogen-bond donors (Lipinski definition) is 0. The van der Waals surface area contributed by atoms with Gasteiger partial charge in [-0.3, -0.25) is 19.8 Å². The van der Waals surface area contributed by atoms with Crippen molar-refractivity contribution in [3.05, 3.63) is 73.1 Å². The summed E-state index contributed by atoms with van der Waals surface area (Å²) < 4.78 is 0.444. The first-order chi connectivity index (χ1) is 12.4. The molecule has 0 spiro atoms. The Morgan fingerprint density at radius 1 is 1.27 bits per heavy atom. The summed E-state index contributed by atoms with van der Waals surface area (Å²) >= 11 is 9.36. The number of halogens is 1. The molecule has 3 rings (SSSR count). The zero-order valence-electron chi connectivity index (χ0n) is 13.0. The highest BCUT2D eigenvalue weighted by atomic mass is 79.9. The van der Waals surface area contributed by atoms with E-state index in [1.165, 1.54) is 11.0 Å². The van der Waals surface area contributed by atoms with Crippen LogP contribution in [-0.4, -0.2) is 20.1 Å². The Morgan fingerprint density at radius 3 is 2.62 bits per heavy atom. The van der Waals surface area contributed by atoms with Crippen molar-refractivity contribution < 1.29 is 14.8 Å². The van der Waals surface area contributed by atoms with Crippen molar-refractivity contribution >= 4 is 61.9 Å². The molecule has 1 heterocycles. The molecule has 0 radical (unpaired) electrons. The molecular formula is C17H10BrN2O4S2-. The maximum Gasteiger partial charge on any atom is 0.271 e. The molecule has 1 aliphatic heterocycles. The summed E-state index contributed by atoms with van der Waals surface area (Å²) in [7, 11) is 0. The molecule has 0 atom stereocenters. The van der Waals surface area contributed by atoms with Crippen LogP contribution in [0.15, 0.2) is 51.8 Å². The van der Waals surface area contributed by atoms with Gasteiger partial charge in [-0.2, -0.15) is 0 Å². The topological polar surface area (TPSA) is 86.5 Å². The Kier molecular flexibility index (Phi) is 5.40. The summed E-state index contributed by atoms with van der Waals surface area (Å²) in [5.41, 5.74) is 0.751. The molecule has 2 aromatic carbocycles. The number of non-ortho nitro benzene ring substituents is 1. The number of nitrogens with zero attached hydrogens (tertiary/aromatic N) is 2. The normalized spacial score (nSPS) is 15.7. The van der Waals surface area contributed by atoms with Gasteiger partial charge in [0.2, 0.25) is 0 Å². The molecule has 0 saturated carbocycles. The molecule has 1 saturated heterocycles. The summed E-state index contributed by atoms with van der Waals surface area (Å²) in [6.07, 6.45) is 1.35. The number of thioether (sulfide) groups is 1. The van der Waals surface area contributed by atoms with E-state index in [1.807, 2.05) is 30.3 Å². The highest BCUT2D eigenvalue weighted by Gasteiger charge is 2.32. The first-order valence-electron chi connectivity index (χ1n) is 7.31. The first kappa shape index (κ1) is 18.6. The van der Waals surface area contributed by atoms with Gasteiger partial charge in [0.25, 0.3) is 11.6 Å². The van der Waals surface area contributed by atoms with E-state index in [4.69, 9.17) is 12.2 Å². The average molecular weight is 450 g/mol. The fourth-order valence-electron chi connectivity index (χ4n) is 2.36. The smallest absolute Gasteiger partial charge is 0.271 e. The van der Waals surface area contributed by atoms with Crippen LogP contribution in [0.5, 0.6) is 5.75 Å². The van der Waals surface area contributed by atoms with Crippen LogP contribution in [0.2, 0.25) is 0 Å². The standard InChI is InChI=1S/C17H11BrN2O4S2/c18-13-8-12(20(23)24)6-11(15(13)21)7-14-16(22)19(17(25)26-14)9-10-4-2-1-3-5-10/h1-8,21H,9H2/p-1/b14-7+. The molecule has 0 N–H and O–H groups in total. The SMILES string of the molecule is O=C1/C(=C\c2cc([N+](=O)[O-])cc(Br)c2[O-])SC(=S)N1Cc1ccccc1. The lowest BCUT2D eigenvalue weighted by Crippen LogP contribution is -2.27. The molecule has 6 nitrogen and oxygen atoms in total. The number of thiocarbonyl (C=S) groups is 1. The predicted octanol–water partition coefficient (Wildman–Crippen LogP) is 3.83. The minimum Gasteiger partial charge on any atom is -0.871 e. The number of hydrogen-bond acceptors (Lipinski definition) is 6. The minimum absolute atomic E-state index is 0.0614. The van der Waals surface area contributed by atoms with E-state index < -0.39 is 10.7 Å². The Bertz CT molecular complexity index is 947. The van der Waals surface area contributed by atoms with Gasteiger partial charge >= 0.3 is 0 Å². The van der Waals surface area contributed by atoms with Crippen LogP contribution in [0.4, 0.5) is 5.69 Å². The van der Waals surface area contributed by atoms with Crippen LogP contribution in [0.1, 0.15) is 11.1 Å². The average Bonchev–Trinajstić information content (AvgIpc) is 2.87. The van der Waals surface area contributed by atoms with Crippen LogP contribution in [-0.2, 0) is 11.3 Å². The third kappa shape index (κ3) is 3.79. The van der Waals surface area contributed by atoms with E-state index in [9.17, 15) is 20.0 Å². The second-order valence-electron chi connectivity index (χ2n) is 5.36. The number of rotatable bonds is 4. The van der Waals surface area contributed by atoms with Gasteiger partial charge in [0, 0.05) is 16.6 Å². The van der Waals surface area contributed by atoms with E-state index in [0.29, 0.717) is 10.9 Å². The fourth-order valence-corrected chi connectivity index (χ4v) is 4.07. The lowest BCUT2D eigenvalue weighted by molar-refractivity contribution is -0.385. The molecule has 132 valence electrons. The van der Waals surface area contributed by atoms with E-state index in [-0.39, 0.29) is 26.5 Å². The van der Waals surface area contributed by atoms with Crippen LogP contribution in [0, 0.1) is 10.1 Å². The molecule has 1 amide bonds. The molecule has 0 unspecified atom stereocenters. The third-order valence-electron chi connectivity index (χ3n) is 3.61. The molecule has 26 heavy (non-hydrogen) atoms. The van der Waals surface area contributed by atoms with Crippen molar-refractivity contribution in [1.82, 2.24) is 4.90 Å². The van der Waals surface area contributed by atoms with Gasteiger partial charge in [-0.05, 0) is 17.2 Å². The monoisotopic (exact) mass is 449 g/mol. The summed E-state index contributed by atoms with van der Waals surface area (Å²) in [4.78, 5) is 24.7. The van der Waals surface area contributed by atoms with Crippen molar-refractivity contribution in [3.63, 3.8) is 0 Å². The second-order valence-corrected chi connectivity index (χ2v) is 7.89. The van der Waals surface area contributed by atoms with E-state index >= 15 is 0 Å². The summed E-state index contributed by atoms with van der Waals surface area (Å²) in [6.45, 7) is 0.325. The van der Waals surface area contributed by atoms with E-state index in [0.717, 1.165) is 29.5 Å². The van der Waals surface area contributed by atoms with Crippen LogP contribution in [0.3, 0.4) is 0 Å². The molecule has 9 heteroatoms. The molecule has 0 bridgehead atoms. The van der Waals surface area contributed by atoms with E-state index in [2.05, 4.69) is 15.9 Å². The Labute approximate surface area is 166 Å². The highest BCUT2D eigenvalue weighted by Crippen LogP contribution is 2.37. The van der Waals surface area contributed by atoms with Crippen molar-refractivity contribution in [3.8, 4) is 5.75 Å². The molecule has 2 aromatic rings. The van der Waals surface area contributed by atoms with Crippen molar-refractivity contribution in [2.24, 2.45) is 0 Å². The van der Waals surface area contributed by atoms with Gasteiger partial charge < -0.3 is 5.11 Å². The minimum atomic E-state index is -0.595. The van der Waals surface area contributed by atoms with Gasteiger partial charge in [0.05, 0.1) is 16.4 Å². The van der Waals surface area contributed by atoms with Gasteiger partial charge in [0.1, 0.15) is 4.32 Å². The van der Waals surface area contributed by atoms with Gasteiger partial charge in [-0.1, -0.05) is 76.0 Å². The number of nitro groups is 1. The van der Waals surface area contributed by atoms with Crippen LogP contribution < -0.4 is 5.11 Å². The number of amides is 1. The zero-order chi connectivity index (χ0) is 18.8. The Hall–Kier alpha value is -2.23. The Morgan fingerprint density at radius 2 is 1.96 bits per heavy atom. The molecular weight excluding hydrogens is 440 g/mol. The highest BCUT2D eigenvalue weighted by molar-refractivity contribution is 9.10. The summed E-state index contributed by atoms with van der Waals surface area (Å²) in [5.74, 6) is -0.755. The van der Waals surface area contributed by atoms with Gasteiger partial charge in [0.15, 0.2) is 0 Å². The van der Waals surface area contributed by atoms with Crippen LogP contribution >= 0.6 is 39.9 Å². The maximum atomic E-state index is 12.6. The maximum absolute atomic E-state index is 12.6. The first-order valence-corrected chi connectivity index (χ1v) is 9.33. The van der Waals surface area contributed by atoms with E-state index in [1.54, 1.807) is 0 Å². The fraction of sp³-hybridized carbons (Fsp3) is 0.0588. The number of nitro benzene ring substituents is 1. The number of carbonyl (C=O) groups excluding carboxylic acids is 1. The largest absolute Gasteiger partial charge is 0.871 e. The zero-order valence-corrected chi connectivity index (χ0v) is 16.3. The molecule has 1 fully saturated rings. The van der Waals surface area contributed by atoms with Gasteiger partial charge in [-0.25, -0.2) is 0 Å². The summed E-state index contributed by atoms with van der Waals surface area (Å²) in [5, 5.41) is 23.2. The lowest BCUT2D eigenvalue weighted by Gasteiger charge is -2.15. The molecule has 1 aliphatic rings. The van der Waals surface area contributed by atoms with Gasteiger partial charge in [-0.15, -0.1) is 0 Å². The molecule has 0 aromatic heterocycles. The van der Waals surface area contributed by atoms with Crippen molar-refractivity contribution in [1.29, 1.82) is 0 Å². The summed E-state index contributed by atoms with van der Waals surface area (Å²) in [6, 6.07) is 11.7. The lowest BCUT2D eigenvalue weighted by atomic mass is 10.1. The number of carbonyl (C=O) groups is 1. The predicted molar refractivity (Wildman–Crippen MR) is 105 cm³/mol. The van der Waals surface area contributed by atoms with Crippen molar-refractivity contribution in [2.45, 2.75) is 6.54 Å². The third-order valence-corrected chi connectivity index (χ3v) is 5.58. The quantitative estimate of drug-likeness (QED) is 0.305. The van der Waals surface area contributed by atoms with Crippen molar-refractivity contribution in [2.75, 3.05) is 0 Å². The molecule has 0 aliphatic carbocycles. The van der Waals surface area contributed by atoms with Crippen LogP contribution in [0.25, 0.3) is 6.08 Å².